The van der Waals surface area contributed by atoms with Crippen molar-refractivity contribution in [2.75, 3.05) is 33.2 Å². The molecule has 1 unspecified atom stereocenters. The molecule has 164 valence electrons. The second kappa shape index (κ2) is 10.1. The molecule has 3 rings (SSSR count). The van der Waals surface area contributed by atoms with Crippen molar-refractivity contribution in [3.05, 3.63) is 57.3 Å². The topological polar surface area (TPSA) is 23.6 Å². The summed E-state index contributed by atoms with van der Waals surface area (Å²) in [6.07, 6.45) is -1.36. The van der Waals surface area contributed by atoms with Crippen LogP contribution < -0.4 is 0 Å². The lowest BCUT2D eigenvalue weighted by Gasteiger charge is -2.34. The zero-order valence-corrected chi connectivity index (χ0v) is 18.4. The van der Waals surface area contributed by atoms with E-state index in [1.807, 2.05) is 6.07 Å². The average molecular weight is 439 g/mol. The molecule has 0 amide bonds. The molecule has 0 N–H and O–H groups in total. The third-order valence-corrected chi connectivity index (χ3v) is 6.68. The number of carbonyl (C=O) groups is 1. The molecule has 2 heterocycles. The Morgan fingerprint density at radius 3 is 2.77 bits per heavy atom. The Kier molecular flexibility index (Phi) is 7.71. The molecule has 7 heteroatoms. The van der Waals surface area contributed by atoms with Crippen LogP contribution in [0, 0.1) is 5.92 Å². The molecule has 0 bridgehead atoms. The number of nitrogens with zero attached hydrogens (tertiary/aromatic N) is 2. The first-order valence-corrected chi connectivity index (χ1v) is 11.2. The fourth-order valence-electron chi connectivity index (χ4n) is 4.15. The van der Waals surface area contributed by atoms with Crippen molar-refractivity contribution < 1.29 is 18.0 Å². The minimum Gasteiger partial charge on any atom is -0.303 e. The van der Waals surface area contributed by atoms with E-state index in [1.165, 1.54) is 35.5 Å². The third kappa shape index (κ3) is 6.65. The zero-order valence-electron chi connectivity index (χ0n) is 17.5. The number of hydrogen-bond acceptors (Lipinski definition) is 4. The summed E-state index contributed by atoms with van der Waals surface area (Å²) in [5.74, 6) is 0.661. The molecule has 2 aromatic rings. The monoisotopic (exact) mass is 438 g/mol. The van der Waals surface area contributed by atoms with Gasteiger partial charge in [0.15, 0.2) is 5.78 Å². The van der Waals surface area contributed by atoms with Crippen molar-refractivity contribution in [2.45, 2.75) is 38.9 Å². The molecule has 3 nitrogen and oxygen atoms in total. The van der Waals surface area contributed by atoms with E-state index < -0.39 is 11.7 Å². The number of likely N-dealkylation sites (tertiary alicyclic amines) is 1. The summed E-state index contributed by atoms with van der Waals surface area (Å²) in [6.45, 7) is 6.16. The molecule has 0 saturated carbocycles. The summed E-state index contributed by atoms with van der Waals surface area (Å²) in [4.78, 5) is 16.9. The number of benzene rings is 1. The number of hydrogen-bond donors (Lipinski definition) is 0. The maximum atomic E-state index is 12.9. The summed E-state index contributed by atoms with van der Waals surface area (Å²) in [7, 11) is 2.10. The molecule has 30 heavy (non-hydrogen) atoms. The third-order valence-electron chi connectivity index (χ3n) is 5.60. The van der Waals surface area contributed by atoms with Crippen LogP contribution in [0.1, 0.15) is 46.1 Å². The normalized spacial score (nSPS) is 18.1. The number of alkyl halides is 3. The number of rotatable bonds is 8. The fourth-order valence-corrected chi connectivity index (χ4v) is 4.96. The first kappa shape index (κ1) is 23.0. The van der Waals surface area contributed by atoms with Gasteiger partial charge in [-0.3, -0.25) is 4.79 Å². The Bertz CT molecular complexity index is 849. The van der Waals surface area contributed by atoms with Gasteiger partial charge in [0.25, 0.3) is 0 Å². The van der Waals surface area contributed by atoms with Gasteiger partial charge in [0, 0.05) is 26.2 Å². The molecule has 1 aliphatic rings. The number of carbonyl (C=O) groups excluding carboxylic acids is 1. The van der Waals surface area contributed by atoms with Gasteiger partial charge in [-0.15, -0.1) is 11.3 Å². The van der Waals surface area contributed by atoms with Crippen molar-refractivity contribution >= 4 is 17.1 Å². The SMILES string of the molecule is CC(=O)c1cc(CN(C)CC2CCCN(CCc3cccc(C(F)(F)F)c3)C2)cs1. The minimum atomic E-state index is -4.29. The van der Waals surface area contributed by atoms with Gasteiger partial charge in [-0.1, -0.05) is 18.2 Å². The second-order valence-electron chi connectivity index (χ2n) is 8.33. The molecular weight excluding hydrogens is 409 g/mol. The van der Waals surface area contributed by atoms with Crippen LogP contribution in [-0.4, -0.2) is 48.8 Å². The summed E-state index contributed by atoms with van der Waals surface area (Å²) in [5.41, 5.74) is 1.34. The highest BCUT2D eigenvalue weighted by Gasteiger charge is 2.30. The summed E-state index contributed by atoms with van der Waals surface area (Å²) >= 11 is 1.50. The Balaban J connectivity index is 1.47. The molecule has 1 atom stereocenters. The van der Waals surface area contributed by atoms with Crippen LogP contribution in [0.5, 0.6) is 0 Å². The summed E-state index contributed by atoms with van der Waals surface area (Å²) < 4.78 is 38.7. The van der Waals surface area contributed by atoms with Gasteiger partial charge in [0.05, 0.1) is 10.4 Å². The van der Waals surface area contributed by atoms with Crippen LogP contribution in [0.15, 0.2) is 35.7 Å². The standard InChI is InChI=1S/C23H29F3N2OS/c1-17(29)22-12-20(16-30-22)14-27(2)13-19-6-4-9-28(15-19)10-8-18-5-3-7-21(11-18)23(24,25)26/h3,5,7,11-12,16,19H,4,6,8-10,13-15H2,1-2H3. The molecule has 1 saturated heterocycles. The number of thiophene rings is 1. The minimum absolute atomic E-state index is 0.109. The number of halogens is 3. The Labute approximate surface area is 180 Å². The van der Waals surface area contributed by atoms with Gasteiger partial charge in [0.1, 0.15) is 0 Å². The first-order valence-electron chi connectivity index (χ1n) is 10.4. The number of ketones is 1. The van der Waals surface area contributed by atoms with Gasteiger partial charge in [-0.05, 0) is 74.3 Å². The average Bonchev–Trinajstić information content (AvgIpc) is 3.15. The molecule has 1 aromatic carbocycles. The van der Waals surface area contributed by atoms with Crippen LogP contribution >= 0.6 is 11.3 Å². The van der Waals surface area contributed by atoms with Crippen LogP contribution in [0.25, 0.3) is 0 Å². The van der Waals surface area contributed by atoms with Crippen molar-refractivity contribution in [3.8, 4) is 0 Å². The quantitative estimate of drug-likeness (QED) is 0.519. The predicted octanol–water partition coefficient (Wildman–Crippen LogP) is 5.36. The largest absolute Gasteiger partial charge is 0.416 e. The molecule has 1 fully saturated rings. The molecule has 0 aliphatic carbocycles. The maximum absolute atomic E-state index is 12.9. The van der Waals surface area contributed by atoms with E-state index >= 15 is 0 Å². The van der Waals surface area contributed by atoms with Crippen molar-refractivity contribution in [3.63, 3.8) is 0 Å². The highest BCUT2D eigenvalue weighted by atomic mass is 32.1. The molecular formula is C23H29F3N2OS. The molecule has 1 aliphatic heterocycles. The van der Waals surface area contributed by atoms with Gasteiger partial charge in [-0.25, -0.2) is 0 Å². The number of Topliss-reactive ketones (excluding diaryl/α,β-unsaturated/α-hetero) is 1. The van der Waals surface area contributed by atoms with E-state index in [4.69, 9.17) is 0 Å². The van der Waals surface area contributed by atoms with E-state index in [9.17, 15) is 18.0 Å². The predicted molar refractivity (Wildman–Crippen MR) is 115 cm³/mol. The molecule has 1 aromatic heterocycles. The Morgan fingerprint density at radius 2 is 2.07 bits per heavy atom. The second-order valence-corrected chi connectivity index (χ2v) is 9.24. The van der Waals surface area contributed by atoms with Crippen LogP contribution in [-0.2, 0) is 19.1 Å². The summed E-state index contributed by atoms with van der Waals surface area (Å²) in [6, 6.07) is 7.65. The van der Waals surface area contributed by atoms with Gasteiger partial charge in [0.2, 0.25) is 0 Å². The van der Waals surface area contributed by atoms with Crippen LogP contribution in [0.3, 0.4) is 0 Å². The fraction of sp³-hybridized carbons (Fsp3) is 0.522. The summed E-state index contributed by atoms with van der Waals surface area (Å²) in [5, 5.41) is 2.05. The highest BCUT2D eigenvalue weighted by molar-refractivity contribution is 7.12. The van der Waals surface area contributed by atoms with Gasteiger partial charge in [-0.2, -0.15) is 13.2 Å². The lowest BCUT2D eigenvalue weighted by atomic mass is 9.96. The van der Waals surface area contributed by atoms with E-state index in [0.717, 1.165) is 55.7 Å². The van der Waals surface area contributed by atoms with Crippen LogP contribution in [0.2, 0.25) is 0 Å². The first-order chi connectivity index (χ1) is 14.2. The van der Waals surface area contributed by atoms with E-state index in [0.29, 0.717) is 12.3 Å². The maximum Gasteiger partial charge on any atom is 0.416 e. The zero-order chi connectivity index (χ0) is 21.7. The molecule has 0 radical (unpaired) electrons. The smallest absolute Gasteiger partial charge is 0.303 e. The van der Waals surface area contributed by atoms with Gasteiger partial charge >= 0.3 is 6.18 Å². The lowest BCUT2D eigenvalue weighted by molar-refractivity contribution is -0.137. The van der Waals surface area contributed by atoms with Crippen molar-refractivity contribution in [1.29, 1.82) is 0 Å². The Hall–Kier alpha value is -1.70. The Morgan fingerprint density at radius 1 is 1.27 bits per heavy atom. The number of piperidine rings is 1. The van der Waals surface area contributed by atoms with Crippen molar-refractivity contribution in [2.24, 2.45) is 5.92 Å². The van der Waals surface area contributed by atoms with E-state index in [-0.39, 0.29) is 5.78 Å². The molecule has 0 spiro atoms. The van der Waals surface area contributed by atoms with E-state index in [1.54, 1.807) is 13.0 Å². The van der Waals surface area contributed by atoms with E-state index in [2.05, 4.69) is 22.2 Å². The highest BCUT2D eigenvalue weighted by Crippen LogP contribution is 2.29. The van der Waals surface area contributed by atoms with Gasteiger partial charge < -0.3 is 9.80 Å². The lowest BCUT2D eigenvalue weighted by Crippen LogP contribution is -2.40. The van der Waals surface area contributed by atoms with Crippen molar-refractivity contribution in [1.82, 2.24) is 9.80 Å². The van der Waals surface area contributed by atoms with Crippen LogP contribution in [0.4, 0.5) is 13.2 Å².